The lowest BCUT2D eigenvalue weighted by Crippen LogP contribution is -2.32. The number of hydroxylamine groups is 2. The summed E-state index contributed by atoms with van der Waals surface area (Å²) in [7, 11) is -1.22. The van der Waals surface area contributed by atoms with Crippen LogP contribution in [0.1, 0.15) is 84.3 Å². The summed E-state index contributed by atoms with van der Waals surface area (Å²) in [6.07, 6.45) is 9.40. The molecule has 0 aliphatic carbocycles. The van der Waals surface area contributed by atoms with Gasteiger partial charge in [0.25, 0.3) is 21.9 Å². The molecule has 2 heterocycles. The summed E-state index contributed by atoms with van der Waals surface area (Å²) in [5.74, 6) is -1.64. The Morgan fingerprint density at radius 3 is 1.55 bits per heavy atom. The molecule has 87 heavy (non-hydrogen) atoms. The number of amides is 2. The van der Waals surface area contributed by atoms with Crippen LogP contribution in [0.3, 0.4) is 0 Å². The van der Waals surface area contributed by atoms with Crippen molar-refractivity contribution in [1.82, 2.24) is 5.06 Å². The van der Waals surface area contributed by atoms with Crippen molar-refractivity contribution in [3.05, 3.63) is 89.7 Å². The van der Waals surface area contributed by atoms with Gasteiger partial charge in [0.05, 0.1) is 150 Å². The molecule has 2 aromatic carbocycles. The average Bonchev–Trinajstić information content (AvgIpc) is 1.62. The number of phenolic OH excluding ortho intramolecular Hbond substituents is 1. The number of ether oxygens (including phenoxy) is 12. The van der Waals surface area contributed by atoms with Crippen molar-refractivity contribution in [2.75, 3.05) is 189 Å². The second-order valence-electron chi connectivity index (χ2n) is 21.9. The first kappa shape index (κ1) is 74.3. The summed E-state index contributed by atoms with van der Waals surface area (Å²) in [4.78, 5) is 45.3. The summed E-state index contributed by atoms with van der Waals surface area (Å²) in [5, 5.41) is 12.4. The molecule has 0 saturated carbocycles. The smallest absolute Gasteiger partial charge is 0.333 e. The van der Waals surface area contributed by atoms with Crippen LogP contribution in [0.5, 0.6) is 5.75 Å². The summed E-state index contributed by atoms with van der Waals surface area (Å²) in [5.41, 5.74) is 4.14. The van der Waals surface area contributed by atoms with Crippen LogP contribution < -0.4 is 9.80 Å². The maximum Gasteiger partial charge on any atom is 0.333 e. The van der Waals surface area contributed by atoms with Gasteiger partial charge in [-0.1, -0.05) is 65.8 Å². The summed E-state index contributed by atoms with van der Waals surface area (Å²) in [6, 6.07) is 10.2. The molecule has 2 amide bonds. The number of hydrogen-bond donors (Lipinski definition) is 2. The maximum absolute atomic E-state index is 12.5. The fraction of sp³-hybridized carbons (Fsp3) is 0.635. The Hall–Kier alpha value is -5.16. The number of fused-ring (bicyclic) bond motifs is 1. The lowest BCUT2D eigenvalue weighted by Gasteiger charge is -2.28. The highest BCUT2D eigenvalue weighted by Gasteiger charge is 2.40. The van der Waals surface area contributed by atoms with Gasteiger partial charge in [0, 0.05) is 87.2 Å². The van der Waals surface area contributed by atoms with Crippen molar-refractivity contribution in [1.29, 1.82) is 0 Å². The van der Waals surface area contributed by atoms with Gasteiger partial charge in [-0.3, -0.25) is 14.1 Å². The minimum Gasteiger partial charge on any atom is -0.507 e. The molecular weight excluding hydrogens is 1150 g/mol. The number of carbonyl (C=O) groups excluding carboxylic acids is 3. The SMILES string of the molecule is C=C(/C=C(\c1ccc(N(CCOCCOCCOCCOCCOCCOC)CCOCCOCCOCCOCCOCCOC)cc1O)C(C)(C)C)/C=C/C=C1/N(CCCCCC(=O)ON2C(=O)CCC2=O)c2ccc(S(=O)(=O)O)cc2C1(C)C. The van der Waals surface area contributed by atoms with Gasteiger partial charge in [0.1, 0.15) is 5.75 Å². The number of benzene rings is 2. The lowest BCUT2D eigenvalue weighted by atomic mass is 9.80. The molecule has 0 atom stereocenters. The van der Waals surface area contributed by atoms with E-state index in [0.29, 0.717) is 206 Å². The highest BCUT2D eigenvalue weighted by atomic mass is 32.2. The molecule has 0 bridgehead atoms. The third-order valence-electron chi connectivity index (χ3n) is 13.8. The minimum absolute atomic E-state index is 0.0154. The number of unbranched alkanes of at least 4 members (excludes halogenated alkanes) is 2. The number of imide groups is 1. The van der Waals surface area contributed by atoms with E-state index in [4.69, 9.17) is 61.7 Å². The Morgan fingerprint density at radius 1 is 0.655 bits per heavy atom. The van der Waals surface area contributed by atoms with E-state index in [-0.39, 0.29) is 29.9 Å². The molecule has 2 aliphatic rings. The van der Waals surface area contributed by atoms with Crippen molar-refractivity contribution in [3.63, 3.8) is 0 Å². The molecule has 0 radical (unpaired) electrons. The molecule has 4 rings (SSSR count). The van der Waals surface area contributed by atoms with Gasteiger partial charge < -0.3 is 76.6 Å². The molecule has 23 nitrogen and oxygen atoms in total. The van der Waals surface area contributed by atoms with Gasteiger partial charge in [-0.2, -0.15) is 8.42 Å². The van der Waals surface area contributed by atoms with Crippen molar-refractivity contribution >= 4 is 44.8 Å². The van der Waals surface area contributed by atoms with Gasteiger partial charge in [0.15, 0.2) is 0 Å². The molecule has 1 saturated heterocycles. The molecule has 2 aliphatic heterocycles. The number of hydrogen-bond acceptors (Lipinski definition) is 21. The van der Waals surface area contributed by atoms with Gasteiger partial charge in [0.2, 0.25) is 0 Å². The number of aromatic hydroxyl groups is 1. The van der Waals surface area contributed by atoms with Gasteiger partial charge in [-0.15, -0.1) is 5.06 Å². The van der Waals surface area contributed by atoms with Crippen LogP contribution in [0.2, 0.25) is 0 Å². The molecular formula is C63H97N3O20S. The molecule has 24 heteroatoms. The Bertz CT molecular complexity index is 2530. The first-order valence-electron chi connectivity index (χ1n) is 29.9. The molecule has 0 aromatic heterocycles. The van der Waals surface area contributed by atoms with Gasteiger partial charge >= 0.3 is 5.97 Å². The van der Waals surface area contributed by atoms with Crippen LogP contribution in [-0.2, 0) is 91.6 Å². The fourth-order valence-corrected chi connectivity index (χ4v) is 9.69. The van der Waals surface area contributed by atoms with Crippen molar-refractivity contribution < 1.29 is 94.1 Å². The van der Waals surface area contributed by atoms with E-state index >= 15 is 0 Å². The van der Waals surface area contributed by atoms with E-state index in [1.165, 1.54) is 12.1 Å². The largest absolute Gasteiger partial charge is 0.507 e. The molecule has 1 fully saturated rings. The number of rotatable bonds is 49. The second kappa shape index (κ2) is 41.2. The lowest BCUT2D eigenvalue weighted by molar-refractivity contribution is -0.197. The maximum atomic E-state index is 12.5. The van der Waals surface area contributed by atoms with E-state index in [1.54, 1.807) is 26.4 Å². The third-order valence-corrected chi connectivity index (χ3v) is 14.7. The van der Waals surface area contributed by atoms with Crippen molar-refractivity contribution in [2.24, 2.45) is 5.41 Å². The summed E-state index contributed by atoms with van der Waals surface area (Å²) in [6.45, 7) is 26.1. The second-order valence-corrected chi connectivity index (χ2v) is 23.3. The predicted molar refractivity (Wildman–Crippen MR) is 328 cm³/mol. The molecule has 490 valence electrons. The van der Waals surface area contributed by atoms with Crippen molar-refractivity contribution in [2.45, 2.75) is 83.5 Å². The zero-order valence-electron chi connectivity index (χ0n) is 52.4. The predicted octanol–water partition coefficient (Wildman–Crippen LogP) is 7.30. The quantitative estimate of drug-likeness (QED) is 0.0285. The van der Waals surface area contributed by atoms with Gasteiger partial charge in [-0.25, -0.2) is 4.79 Å². The van der Waals surface area contributed by atoms with E-state index in [1.807, 2.05) is 50.3 Å². The number of allylic oxidation sites excluding steroid dienone is 7. The van der Waals surface area contributed by atoms with E-state index in [2.05, 4.69) is 37.1 Å². The Balaban J connectivity index is 1.38. The molecule has 0 unspecified atom stereocenters. The monoisotopic (exact) mass is 1250 g/mol. The Morgan fingerprint density at radius 2 is 1.11 bits per heavy atom. The van der Waals surface area contributed by atoms with Crippen LogP contribution in [0, 0.1) is 5.41 Å². The van der Waals surface area contributed by atoms with Crippen LogP contribution in [0.4, 0.5) is 11.4 Å². The number of nitrogens with zero attached hydrogens (tertiary/aromatic N) is 3. The minimum atomic E-state index is -4.49. The number of phenols is 1. The molecule has 0 spiro atoms. The Labute approximate surface area is 515 Å². The normalized spacial score (nSPS) is 15.0. The highest BCUT2D eigenvalue weighted by molar-refractivity contribution is 7.85. The average molecular weight is 1250 g/mol. The summed E-state index contributed by atoms with van der Waals surface area (Å²) >= 11 is 0. The highest BCUT2D eigenvalue weighted by Crippen LogP contribution is 2.49. The van der Waals surface area contributed by atoms with E-state index in [9.17, 15) is 32.5 Å². The zero-order chi connectivity index (χ0) is 63.3. The molecule has 2 N–H and O–H groups in total. The first-order chi connectivity index (χ1) is 41.8. The van der Waals surface area contributed by atoms with E-state index in [0.717, 1.165) is 22.6 Å². The number of methoxy groups -OCH3 is 2. The van der Waals surface area contributed by atoms with Crippen molar-refractivity contribution in [3.8, 4) is 5.75 Å². The van der Waals surface area contributed by atoms with Gasteiger partial charge in [-0.05, 0) is 71.4 Å². The Kier molecular flexibility index (Phi) is 35.2. The third kappa shape index (κ3) is 28.1. The van der Waals surface area contributed by atoms with Crippen LogP contribution in [0.25, 0.3) is 5.57 Å². The van der Waals surface area contributed by atoms with Crippen LogP contribution in [0.15, 0.2) is 83.4 Å². The fourth-order valence-electron chi connectivity index (χ4n) is 9.18. The first-order valence-corrected chi connectivity index (χ1v) is 31.3. The number of carbonyl (C=O) groups is 3. The molecule has 2 aromatic rings. The summed E-state index contributed by atoms with van der Waals surface area (Å²) < 4.78 is 101. The van der Waals surface area contributed by atoms with Crippen LogP contribution in [-0.4, -0.2) is 220 Å². The zero-order valence-corrected chi connectivity index (χ0v) is 53.2. The van der Waals surface area contributed by atoms with E-state index < -0.39 is 38.7 Å². The standard InChI is InChI=1S/C63H97N3O20S/c1-50(13-12-14-58-63(5,6)55-49-52(87(71,72)73)17-19-56(55)65(58)22-11-9-10-15-61(70)86-66-59(68)20-21-60(66)69)47-54(62(2,3)4)53-18-16-51(48-57(53)67)64(23-25-76-31-33-80-39-41-84-45-43-82-37-35-78-29-27-74-7)24-26-77-32-34-81-40-42-85-46-44-83-38-36-79-30-28-75-8/h12-14,16-19,47-49,67H,1,9-11,15,20-46H2,2-8H3,(H,71,72,73)/b13-12+,54-47+,58-14+. The number of anilines is 2. The van der Waals surface area contributed by atoms with Crippen LogP contribution >= 0.6 is 0 Å². The topological polar surface area (TPSA) is 256 Å².